The summed E-state index contributed by atoms with van der Waals surface area (Å²) in [4.78, 5) is 0. The van der Waals surface area contributed by atoms with Gasteiger partial charge in [0.05, 0.1) is 12.4 Å². The Balaban J connectivity index is 2.92. The molecule has 1 rings (SSSR count). The van der Waals surface area contributed by atoms with Crippen molar-refractivity contribution in [3.05, 3.63) is 17.0 Å². The predicted molar refractivity (Wildman–Crippen MR) is 54.9 cm³/mol. The Labute approximate surface area is 84.1 Å². The molecular formula is C10H18FN3. The fourth-order valence-electron chi connectivity index (χ4n) is 1.80. The van der Waals surface area contributed by atoms with Gasteiger partial charge in [0.2, 0.25) is 0 Å². The average molecular weight is 199 g/mol. The summed E-state index contributed by atoms with van der Waals surface area (Å²) >= 11 is 0. The molecule has 0 aliphatic carbocycles. The van der Waals surface area contributed by atoms with Crippen molar-refractivity contribution < 1.29 is 4.39 Å². The van der Waals surface area contributed by atoms with Crippen LogP contribution in [0.5, 0.6) is 0 Å². The van der Waals surface area contributed by atoms with E-state index >= 15 is 0 Å². The summed E-state index contributed by atoms with van der Waals surface area (Å²) in [7, 11) is 0. The van der Waals surface area contributed by atoms with Crippen molar-refractivity contribution in [1.29, 1.82) is 0 Å². The van der Waals surface area contributed by atoms with Crippen LogP contribution in [-0.4, -0.2) is 16.5 Å². The van der Waals surface area contributed by atoms with Gasteiger partial charge in [0, 0.05) is 23.8 Å². The van der Waals surface area contributed by atoms with Crippen LogP contribution in [0.15, 0.2) is 0 Å². The summed E-state index contributed by atoms with van der Waals surface area (Å²) in [5.41, 5.74) is 8.93. The number of aryl methyl sites for hydroxylation is 2. The zero-order valence-electron chi connectivity index (χ0n) is 9.05. The molecule has 80 valence electrons. The molecule has 0 radical (unpaired) electrons. The van der Waals surface area contributed by atoms with Gasteiger partial charge in [-0.2, -0.15) is 5.10 Å². The van der Waals surface area contributed by atoms with Crippen LogP contribution in [0.3, 0.4) is 0 Å². The molecule has 0 aliphatic rings. The van der Waals surface area contributed by atoms with Gasteiger partial charge in [0.15, 0.2) is 0 Å². The van der Waals surface area contributed by atoms with Crippen molar-refractivity contribution in [2.24, 2.45) is 5.73 Å². The summed E-state index contributed by atoms with van der Waals surface area (Å²) in [5, 5.41) is 4.34. The quantitative estimate of drug-likeness (QED) is 0.804. The van der Waals surface area contributed by atoms with Gasteiger partial charge in [-0.3, -0.25) is 9.07 Å². The van der Waals surface area contributed by atoms with Crippen LogP contribution in [0.1, 0.15) is 36.3 Å². The molecular weight excluding hydrogens is 181 g/mol. The number of nitrogens with zero attached hydrogens (tertiary/aromatic N) is 2. The Morgan fingerprint density at radius 2 is 2.14 bits per heavy atom. The van der Waals surface area contributed by atoms with Crippen molar-refractivity contribution in [2.45, 2.75) is 39.8 Å². The predicted octanol–water partition coefficient (Wildman–Crippen LogP) is 1.88. The molecule has 0 aromatic carbocycles. The first-order valence-corrected chi connectivity index (χ1v) is 4.93. The third kappa shape index (κ3) is 2.12. The van der Waals surface area contributed by atoms with Crippen molar-refractivity contribution in [2.75, 3.05) is 6.67 Å². The average Bonchev–Trinajstić information content (AvgIpc) is 2.38. The molecule has 0 saturated heterocycles. The maximum atomic E-state index is 12.0. The number of aromatic nitrogens is 2. The van der Waals surface area contributed by atoms with Crippen LogP contribution in [-0.2, 0) is 6.54 Å². The number of nitrogens with two attached hydrogens (primary N) is 1. The Bertz CT molecular complexity index is 305. The molecule has 0 amide bonds. The van der Waals surface area contributed by atoms with Crippen molar-refractivity contribution in [3.63, 3.8) is 0 Å². The van der Waals surface area contributed by atoms with Gasteiger partial charge >= 0.3 is 0 Å². The molecule has 1 aromatic heterocycles. The normalized spacial score (nSPS) is 13.2. The Kier molecular flexibility index (Phi) is 3.63. The second-order valence-corrected chi connectivity index (χ2v) is 3.64. The highest BCUT2D eigenvalue weighted by Gasteiger charge is 2.13. The SMILES string of the molecule is Cc1nn(CCCF)c(C)c1C(C)N. The Morgan fingerprint density at radius 3 is 2.57 bits per heavy atom. The number of rotatable bonds is 4. The minimum absolute atomic E-state index is 0.00544. The summed E-state index contributed by atoms with van der Waals surface area (Å²) in [6.07, 6.45) is 0.514. The third-order valence-corrected chi connectivity index (χ3v) is 2.40. The van der Waals surface area contributed by atoms with E-state index in [2.05, 4.69) is 5.10 Å². The minimum Gasteiger partial charge on any atom is -0.324 e. The van der Waals surface area contributed by atoms with Gasteiger partial charge in [0.25, 0.3) is 0 Å². The zero-order chi connectivity index (χ0) is 10.7. The first kappa shape index (κ1) is 11.2. The largest absolute Gasteiger partial charge is 0.324 e. The van der Waals surface area contributed by atoms with E-state index in [1.54, 1.807) is 0 Å². The minimum atomic E-state index is -0.300. The molecule has 3 nitrogen and oxygen atoms in total. The molecule has 2 N–H and O–H groups in total. The molecule has 0 fully saturated rings. The van der Waals surface area contributed by atoms with Crippen molar-refractivity contribution >= 4 is 0 Å². The maximum absolute atomic E-state index is 12.0. The van der Waals surface area contributed by atoms with E-state index in [0.717, 1.165) is 17.0 Å². The first-order chi connectivity index (χ1) is 6.57. The molecule has 1 unspecified atom stereocenters. The number of hydrogen-bond donors (Lipinski definition) is 1. The maximum Gasteiger partial charge on any atom is 0.0912 e. The number of halogens is 1. The van der Waals surface area contributed by atoms with Gasteiger partial charge in [-0.15, -0.1) is 0 Å². The van der Waals surface area contributed by atoms with Crippen LogP contribution in [0, 0.1) is 13.8 Å². The van der Waals surface area contributed by atoms with Crippen LogP contribution in [0.25, 0.3) is 0 Å². The van der Waals surface area contributed by atoms with Gasteiger partial charge in [-0.05, 0) is 27.2 Å². The summed E-state index contributed by atoms with van der Waals surface area (Å²) < 4.78 is 13.9. The lowest BCUT2D eigenvalue weighted by atomic mass is 10.1. The zero-order valence-corrected chi connectivity index (χ0v) is 9.05. The molecule has 0 aliphatic heterocycles. The number of hydrogen-bond acceptors (Lipinski definition) is 2. The fourth-order valence-corrected chi connectivity index (χ4v) is 1.80. The molecule has 0 spiro atoms. The van der Waals surface area contributed by atoms with Crippen molar-refractivity contribution in [1.82, 2.24) is 9.78 Å². The lowest BCUT2D eigenvalue weighted by Crippen LogP contribution is -2.08. The van der Waals surface area contributed by atoms with Crippen molar-refractivity contribution in [3.8, 4) is 0 Å². The van der Waals surface area contributed by atoms with E-state index in [1.807, 2.05) is 25.5 Å². The van der Waals surface area contributed by atoms with Crippen LogP contribution >= 0.6 is 0 Å². The molecule has 1 aromatic rings. The lowest BCUT2D eigenvalue weighted by molar-refractivity contribution is 0.431. The van der Waals surface area contributed by atoms with Crippen LogP contribution in [0.2, 0.25) is 0 Å². The summed E-state index contributed by atoms with van der Waals surface area (Å²) in [6, 6.07) is -0.00544. The van der Waals surface area contributed by atoms with E-state index < -0.39 is 0 Å². The van der Waals surface area contributed by atoms with Gasteiger partial charge in [-0.1, -0.05) is 0 Å². The second-order valence-electron chi connectivity index (χ2n) is 3.64. The van der Waals surface area contributed by atoms with Crippen LogP contribution < -0.4 is 5.73 Å². The lowest BCUT2D eigenvalue weighted by Gasteiger charge is -2.06. The van der Waals surface area contributed by atoms with Gasteiger partial charge in [0.1, 0.15) is 0 Å². The molecule has 0 saturated carbocycles. The molecule has 14 heavy (non-hydrogen) atoms. The summed E-state index contributed by atoms with van der Waals surface area (Å²) in [6.45, 7) is 6.20. The summed E-state index contributed by atoms with van der Waals surface area (Å²) in [5.74, 6) is 0. The van der Waals surface area contributed by atoms with E-state index in [-0.39, 0.29) is 12.7 Å². The number of alkyl halides is 1. The van der Waals surface area contributed by atoms with E-state index in [4.69, 9.17) is 5.73 Å². The highest BCUT2D eigenvalue weighted by Crippen LogP contribution is 2.19. The monoisotopic (exact) mass is 199 g/mol. The molecule has 4 heteroatoms. The Hall–Kier alpha value is -0.900. The highest BCUT2D eigenvalue weighted by molar-refractivity contribution is 5.27. The first-order valence-electron chi connectivity index (χ1n) is 4.93. The molecule has 1 atom stereocenters. The van der Waals surface area contributed by atoms with Crippen LogP contribution in [0.4, 0.5) is 4.39 Å². The van der Waals surface area contributed by atoms with E-state index in [0.29, 0.717) is 13.0 Å². The Morgan fingerprint density at radius 1 is 1.50 bits per heavy atom. The topological polar surface area (TPSA) is 43.8 Å². The van der Waals surface area contributed by atoms with Gasteiger partial charge in [-0.25, -0.2) is 0 Å². The smallest absolute Gasteiger partial charge is 0.0912 e. The molecule has 1 heterocycles. The second kappa shape index (κ2) is 4.55. The van der Waals surface area contributed by atoms with E-state index in [1.165, 1.54) is 0 Å². The third-order valence-electron chi connectivity index (χ3n) is 2.40. The highest BCUT2D eigenvalue weighted by atomic mass is 19.1. The molecule has 0 bridgehead atoms. The standard InChI is InChI=1S/C10H18FN3/c1-7(12)10-8(2)13-14(9(10)3)6-4-5-11/h7H,4-6,12H2,1-3H3. The van der Waals surface area contributed by atoms with Gasteiger partial charge < -0.3 is 5.73 Å². The van der Waals surface area contributed by atoms with E-state index in [9.17, 15) is 4.39 Å². The fraction of sp³-hybridized carbons (Fsp3) is 0.700.